The molecule has 2 rings (SSSR count). The number of aryl methyl sites for hydroxylation is 2. The van der Waals surface area contributed by atoms with E-state index in [4.69, 9.17) is 9.47 Å². The van der Waals surface area contributed by atoms with E-state index in [0.29, 0.717) is 11.7 Å². The number of hydrogen-bond acceptors (Lipinski definition) is 3. The third-order valence-electron chi connectivity index (χ3n) is 4.70. The summed E-state index contributed by atoms with van der Waals surface area (Å²) in [6.07, 6.45) is 0.286. The van der Waals surface area contributed by atoms with E-state index in [-0.39, 0.29) is 11.9 Å². The van der Waals surface area contributed by atoms with Gasteiger partial charge in [-0.2, -0.15) is 0 Å². The highest BCUT2D eigenvalue weighted by molar-refractivity contribution is 5.81. The Morgan fingerprint density at radius 2 is 1.59 bits per heavy atom. The molecule has 0 fully saturated rings. The van der Waals surface area contributed by atoms with Crippen molar-refractivity contribution in [3.63, 3.8) is 0 Å². The minimum absolute atomic E-state index is 0.0609. The normalized spacial score (nSPS) is 13.1. The summed E-state index contributed by atoms with van der Waals surface area (Å²) in [6, 6.07) is 13.7. The van der Waals surface area contributed by atoms with E-state index < -0.39 is 6.10 Å². The third-order valence-corrected chi connectivity index (χ3v) is 4.70. The number of nitrogens with one attached hydrogen (secondary N) is 1. The van der Waals surface area contributed by atoms with Gasteiger partial charge in [0.1, 0.15) is 11.5 Å². The Morgan fingerprint density at radius 1 is 0.963 bits per heavy atom. The van der Waals surface area contributed by atoms with Gasteiger partial charge in [-0.05, 0) is 74.1 Å². The number of amides is 1. The van der Waals surface area contributed by atoms with Gasteiger partial charge in [0.25, 0.3) is 5.91 Å². The van der Waals surface area contributed by atoms with Gasteiger partial charge in [-0.3, -0.25) is 4.79 Å². The molecule has 4 nitrogen and oxygen atoms in total. The summed E-state index contributed by atoms with van der Waals surface area (Å²) >= 11 is 0. The lowest BCUT2D eigenvalue weighted by Gasteiger charge is -2.24. The van der Waals surface area contributed by atoms with E-state index in [9.17, 15) is 4.79 Å². The van der Waals surface area contributed by atoms with Crippen molar-refractivity contribution in [3.8, 4) is 11.5 Å². The van der Waals surface area contributed by atoms with E-state index >= 15 is 0 Å². The molecular formula is C23H31NO3. The number of ether oxygens (including phenoxy) is 2. The van der Waals surface area contributed by atoms with Crippen molar-refractivity contribution in [1.29, 1.82) is 0 Å². The van der Waals surface area contributed by atoms with Crippen LogP contribution in [0.3, 0.4) is 0 Å². The van der Waals surface area contributed by atoms with Gasteiger partial charge in [-0.15, -0.1) is 0 Å². The largest absolute Gasteiger partial charge is 0.497 e. The van der Waals surface area contributed by atoms with E-state index in [0.717, 1.165) is 23.3 Å². The molecule has 0 saturated heterocycles. The first kappa shape index (κ1) is 20.8. The van der Waals surface area contributed by atoms with Crippen molar-refractivity contribution >= 4 is 5.91 Å². The highest BCUT2D eigenvalue weighted by Crippen LogP contribution is 2.24. The second kappa shape index (κ2) is 9.45. The molecule has 2 atom stereocenters. The molecule has 0 aromatic heterocycles. The van der Waals surface area contributed by atoms with Crippen LogP contribution in [-0.4, -0.2) is 19.1 Å². The van der Waals surface area contributed by atoms with Crippen LogP contribution in [-0.2, 0) is 4.79 Å². The highest BCUT2D eigenvalue weighted by atomic mass is 16.5. The summed E-state index contributed by atoms with van der Waals surface area (Å²) in [7, 11) is 1.65. The predicted octanol–water partition coefficient (Wildman–Crippen LogP) is 4.98. The molecule has 1 amide bonds. The minimum atomic E-state index is -0.569. The molecule has 0 heterocycles. The highest BCUT2D eigenvalue weighted by Gasteiger charge is 2.21. The molecule has 0 unspecified atom stereocenters. The lowest BCUT2D eigenvalue weighted by molar-refractivity contribution is -0.128. The Hall–Kier alpha value is -2.49. The first-order valence-electron chi connectivity index (χ1n) is 9.48. The summed E-state index contributed by atoms with van der Waals surface area (Å²) in [6.45, 7) is 10.2. The van der Waals surface area contributed by atoms with E-state index in [2.05, 4.69) is 26.1 Å². The van der Waals surface area contributed by atoms with Gasteiger partial charge in [0, 0.05) is 0 Å². The molecule has 0 aliphatic rings. The van der Waals surface area contributed by atoms with Crippen molar-refractivity contribution < 1.29 is 14.3 Å². The number of rotatable bonds is 8. The van der Waals surface area contributed by atoms with E-state index in [1.54, 1.807) is 14.0 Å². The summed E-state index contributed by atoms with van der Waals surface area (Å²) in [5.74, 6) is 1.86. The number of benzene rings is 2. The fourth-order valence-corrected chi connectivity index (χ4v) is 2.92. The zero-order valence-electron chi connectivity index (χ0n) is 17.2. The lowest BCUT2D eigenvalue weighted by atomic mass is 9.96. The molecule has 0 aliphatic carbocycles. The fraction of sp³-hybridized carbons (Fsp3) is 0.435. The second-order valence-electron chi connectivity index (χ2n) is 7.47. The molecule has 0 aliphatic heterocycles. The van der Waals surface area contributed by atoms with Gasteiger partial charge in [0.05, 0.1) is 13.2 Å². The summed E-state index contributed by atoms with van der Waals surface area (Å²) in [4.78, 5) is 12.7. The standard InChI is InChI=1S/C23H31NO3/c1-15(2)13-22(19-8-11-20(26-6)12-9-19)24-23(25)18(5)27-21-10-7-16(3)17(4)14-21/h7-12,14-15,18,22H,13H2,1-6H3,(H,24,25)/t18-,22+/m1/s1. The van der Waals surface area contributed by atoms with Gasteiger partial charge in [0.2, 0.25) is 0 Å². The molecule has 0 saturated carbocycles. The maximum atomic E-state index is 12.7. The van der Waals surface area contributed by atoms with Gasteiger partial charge < -0.3 is 14.8 Å². The van der Waals surface area contributed by atoms with Crippen LogP contribution in [0.2, 0.25) is 0 Å². The molecule has 4 heteroatoms. The van der Waals surface area contributed by atoms with Crippen molar-refractivity contribution in [3.05, 3.63) is 59.2 Å². The number of carbonyl (C=O) groups excluding carboxylic acids is 1. The SMILES string of the molecule is COc1ccc([C@H](CC(C)C)NC(=O)[C@@H](C)Oc2ccc(C)c(C)c2)cc1. The average molecular weight is 370 g/mol. The molecule has 2 aromatic carbocycles. The van der Waals surface area contributed by atoms with Crippen LogP contribution in [0.4, 0.5) is 0 Å². The van der Waals surface area contributed by atoms with Crippen molar-refractivity contribution in [2.75, 3.05) is 7.11 Å². The fourth-order valence-electron chi connectivity index (χ4n) is 2.92. The van der Waals surface area contributed by atoms with Gasteiger partial charge in [-0.1, -0.05) is 32.0 Å². The number of carbonyl (C=O) groups is 1. The van der Waals surface area contributed by atoms with Gasteiger partial charge >= 0.3 is 0 Å². The first-order valence-corrected chi connectivity index (χ1v) is 9.48. The second-order valence-corrected chi connectivity index (χ2v) is 7.47. The number of hydrogen-bond donors (Lipinski definition) is 1. The topological polar surface area (TPSA) is 47.6 Å². The molecule has 0 spiro atoms. The van der Waals surface area contributed by atoms with E-state index in [1.807, 2.05) is 49.4 Å². The lowest BCUT2D eigenvalue weighted by Crippen LogP contribution is -2.39. The Bertz CT molecular complexity index is 753. The van der Waals surface area contributed by atoms with Crippen molar-refractivity contribution in [2.24, 2.45) is 5.92 Å². The van der Waals surface area contributed by atoms with Crippen LogP contribution in [0, 0.1) is 19.8 Å². The zero-order chi connectivity index (χ0) is 20.0. The van der Waals surface area contributed by atoms with Gasteiger partial charge in [0.15, 0.2) is 6.10 Å². The Balaban J connectivity index is 2.07. The Kier molecular flexibility index (Phi) is 7.28. The van der Waals surface area contributed by atoms with Crippen LogP contribution < -0.4 is 14.8 Å². The van der Waals surface area contributed by atoms with Crippen molar-refractivity contribution in [1.82, 2.24) is 5.32 Å². The first-order chi connectivity index (χ1) is 12.8. The quantitative estimate of drug-likeness (QED) is 0.714. The van der Waals surface area contributed by atoms with Crippen LogP contribution in [0.1, 0.15) is 49.9 Å². The molecule has 0 bridgehead atoms. The monoisotopic (exact) mass is 369 g/mol. The third kappa shape index (κ3) is 6.02. The molecule has 2 aromatic rings. The van der Waals surface area contributed by atoms with Gasteiger partial charge in [-0.25, -0.2) is 0 Å². The summed E-state index contributed by atoms with van der Waals surface area (Å²) < 4.78 is 11.1. The molecule has 1 N–H and O–H groups in total. The van der Waals surface area contributed by atoms with Crippen LogP contribution in [0.5, 0.6) is 11.5 Å². The van der Waals surface area contributed by atoms with E-state index in [1.165, 1.54) is 5.56 Å². The molecule has 0 radical (unpaired) electrons. The Labute approximate surface area is 162 Å². The zero-order valence-corrected chi connectivity index (χ0v) is 17.2. The Morgan fingerprint density at radius 3 is 2.15 bits per heavy atom. The maximum absolute atomic E-state index is 12.7. The van der Waals surface area contributed by atoms with Crippen LogP contribution in [0.25, 0.3) is 0 Å². The number of methoxy groups -OCH3 is 1. The van der Waals surface area contributed by atoms with Crippen LogP contribution in [0.15, 0.2) is 42.5 Å². The molecule has 146 valence electrons. The summed E-state index contributed by atoms with van der Waals surface area (Å²) in [5, 5.41) is 3.14. The average Bonchev–Trinajstić information content (AvgIpc) is 2.63. The maximum Gasteiger partial charge on any atom is 0.261 e. The summed E-state index contributed by atoms with van der Waals surface area (Å²) in [5.41, 5.74) is 3.42. The van der Waals surface area contributed by atoms with Crippen LogP contribution >= 0.6 is 0 Å². The smallest absolute Gasteiger partial charge is 0.261 e. The molecular weight excluding hydrogens is 338 g/mol. The minimum Gasteiger partial charge on any atom is -0.497 e. The predicted molar refractivity (Wildman–Crippen MR) is 109 cm³/mol. The molecule has 27 heavy (non-hydrogen) atoms. The van der Waals surface area contributed by atoms with Crippen molar-refractivity contribution in [2.45, 2.75) is 53.2 Å².